The molecule has 4 aromatic heterocycles. The van der Waals surface area contributed by atoms with Gasteiger partial charge in [0.2, 0.25) is 0 Å². The smallest absolute Gasteiger partial charge is 0.142 e. The largest absolute Gasteiger partial charge is 0.382 e. The van der Waals surface area contributed by atoms with Gasteiger partial charge in [-0.1, -0.05) is 23.7 Å². The maximum atomic E-state index is 6.45. The molecule has 2 N–H and O–H groups in total. The molecule has 0 saturated heterocycles. The highest BCUT2D eigenvalue weighted by atomic mass is 35.5. The average Bonchev–Trinajstić information content (AvgIpc) is 3.12. The van der Waals surface area contributed by atoms with E-state index in [9.17, 15) is 0 Å². The van der Waals surface area contributed by atoms with Gasteiger partial charge in [0.1, 0.15) is 17.2 Å². The fourth-order valence-corrected chi connectivity index (χ4v) is 3.41. The van der Waals surface area contributed by atoms with E-state index in [0.29, 0.717) is 27.9 Å². The third-order valence-electron chi connectivity index (χ3n) is 4.34. The summed E-state index contributed by atoms with van der Waals surface area (Å²) in [5.74, 6) is 0.333. The number of nitrogens with two attached hydrogens (primary N) is 1. The molecular weight excluding hydrogens is 360 g/mol. The lowest BCUT2D eigenvalue weighted by molar-refractivity contribution is 0.961. The molecule has 0 bridgehead atoms. The molecule has 0 radical (unpaired) electrons. The van der Waals surface area contributed by atoms with Crippen LogP contribution in [0.3, 0.4) is 0 Å². The van der Waals surface area contributed by atoms with Crippen LogP contribution in [0.1, 0.15) is 0 Å². The quantitative estimate of drug-likeness (QED) is 0.501. The first-order valence-corrected chi connectivity index (χ1v) is 8.69. The van der Waals surface area contributed by atoms with E-state index in [0.717, 1.165) is 22.0 Å². The number of rotatable bonds is 2. The van der Waals surface area contributed by atoms with Crippen LogP contribution < -0.4 is 5.73 Å². The summed E-state index contributed by atoms with van der Waals surface area (Å²) in [5.41, 5.74) is 10.4. The second kappa shape index (κ2) is 6.03. The van der Waals surface area contributed by atoms with E-state index in [4.69, 9.17) is 17.3 Å². The molecule has 0 atom stereocenters. The number of pyridine rings is 2. The van der Waals surface area contributed by atoms with Gasteiger partial charge in [-0.2, -0.15) is 5.10 Å². The average molecular weight is 373 g/mol. The zero-order valence-corrected chi connectivity index (χ0v) is 14.8. The van der Waals surface area contributed by atoms with Crippen LogP contribution in [0.2, 0.25) is 5.02 Å². The van der Waals surface area contributed by atoms with Gasteiger partial charge in [0.05, 0.1) is 27.9 Å². The first kappa shape index (κ1) is 15.7. The van der Waals surface area contributed by atoms with Gasteiger partial charge >= 0.3 is 0 Å². The van der Waals surface area contributed by atoms with E-state index in [1.54, 1.807) is 10.7 Å². The molecule has 130 valence electrons. The Morgan fingerprint density at radius 1 is 0.963 bits per heavy atom. The molecule has 0 saturated carbocycles. The Labute approximate surface area is 159 Å². The maximum Gasteiger partial charge on any atom is 0.142 e. The SMILES string of the molecule is Nc1cnc(-c2cc(Cl)c3ncccc3c2)c(-c2cc3ccccn3n2)n1. The Balaban J connectivity index is 1.76. The summed E-state index contributed by atoms with van der Waals surface area (Å²) in [7, 11) is 0. The minimum Gasteiger partial charge on any atom is -0.382 e. The van der Waals surface area contributed by atoms with Gasteiger partial charge in [0.25, 0.3) is 0 Å². The first-order valence-electron chi connectivity index (χ1n) is 8.31. The van der Waals surface area contributed by atoms with Gasteiger partial charge < -0.3 is 5.73 Å². The summed E-state index contributed by atoms with van der Waals surface area (Å²) >= 11 is 6.45. The monoisotopic (exact) mass is 372 g/mol. The fourth-order valence-electron chi connectivity index (χ4n) is 3.13. The number of hydrogen-bond donors (Lipinski definition) is 1. The van der Waals surface area contributed by atoms with Crippen LogP contribution in [0.15, 0.2) is 67.1 Å². The number of hydrogen-bond acceptors (Lipinski definition) is 5. The van der Waals surface area contributed by atoms with Gasteiger partial charge in [-0.25, -0.2) is 9.50 Å². The Kier molecular flexibility index (Phi) is 3.51. The molecule has 7 heteroatoms. The van der Waals surface area contributed by atoms with E-state index in [-0.39, 0.29) is 0 Å². The number of nitrogen functional groups attached to an aromatic ring is 1. The Bertz CT molecular complexity index is 1280. The molecule has 1 aromatic carbocycles. The van der Waals surface area contributed by atoms with Crippen molar-refractivity contribution in [1.29, 1.82) is 0 Å². The van der Waals surface area contributed by atoms with Gasteiger partial charge in [0.15, 0.2) is 0 Å². The number of halogens is 1. The lowest BCUT2D eigenvalue weighted by Gasteiger charge is -2.09. The van der Waals surface area contributed by atoms with Crippen LogP contribution >= 0.6 is 11.6 Å². The van der Waals surface area contributed by atoms with Crippen molar-refractivity contribution in [3.05, 3.63) is 72.1 Å². The standard InChI is InChI=1S/C20H13ClN6/c21-15-9-13(8-12-4-3-6-23-18(12)15)19-20(25-17(22)11-24-19)16-10-14-5-1-2-7-27(14)26-16/h1-11H,(H2,22,25). The molecule has 0 aliphatic heterocycles. The molecule has 0 aliphatic carbocycles. The highest BCUT2D eigenvalue weighted by Gasteiger charge is 2.16. The molecule has 4 heterocycles. The van der Waals surface area contributed by atoms with Gasteiger partial charge in [-0.3, -0.25) is 9.97 Å². The van der Waals surface area contributed by atoms with E-state index in [1.807, 2.05) is 54.7 Å². The fraction of sp³-hybridized carbons (Fsp3) is 0. The Morgan fingerprint density at radius 2 is 1.89 bits per heavy atom. The number of anilines is 1. The van der Waals surface area contributed by atoms with Crippen LogP contribution in [0, 0.1) is 0 Å². The molecule has 0 amide bonds. The summed E-state index contributed by atoms with van der Waals surface area (Å²) in [6, 6.07) is 15.5. The van der Waals surface area contributed by atoms with Gasteiger partial charge in [0, 0.05) is 23.3 Å². The predicted octanol–water partition coefficient (Wildman–Crippen LogP) is 4.24. The van der Waals surface area contributed by atoms with Gasteiger partial charge in [-0.05, 0) is 36.4 Å². The van der Waals surface area contributed by atoms with E-state index >= 15 is 0 Å². The molecule has 0 aliphatic rings. The van der Waals surface area contributed by atoms with Crippen molar-refractivity contribution < 1.29 is 0 Å². The first-order chi connectivity index (χ1) is 13.2. The van der Waals surface area contributed by atoms with Crippen molar-refractivity contribution in [2.75, 3.05) is 5.73 Å². The Morgan fingerprint density at radius 3 is 2.78 bits per heavy atom. The van der Waals surface area contributed by atoms with Crippen LogP contribution in [-0.4, -0.2) is 24.6 Å². The molecule has 5 rings (SSSR count). The minimum atomic E-state index is 0.333. The third-order valence-corrected chi connectivity index (χ3v) is 4.62. The zero-order valence-electron chi connectivity index (χ0n) is 14.0. The van der Waals surface area contributed by atoms with E-state index < -0.39 is 0 Å². The van der Waals surface area contributed by atoms with E-state index in [1.165, 1.54) is 6.20 Å². The van der Waals surface area contributed by atoms with Crippen molar-refractivity contribution >= 4 is 33.8 Å². The number of benzene rings is 1. The molecule has 0 unspecified atom stereocenters. The van der Waals surface area contributed by atoms with Crippen LogP contribution in [0.25, 0.3) is 39.1 Å². The van der Waals surface area contributed by atoms with Crippen molar-refractivity contribution in [2.24, 2.45) is 0 Å². The van der Waals surface area contributed by atoms with Crippen LogP contribution in [0.5, 0.6) is 0 Å². The number of fused-ring (bicyclic) bond motifs is 2. The summed E-state index contributed by atoms with van der Waals surface area (Å²) in [6.45, 7) is 0. The summed E-state index contributed by atoms with van der Waals surface area (Å²) < 4.78 is 1.79. The molecule has 0 spiro atoms. The van der Waals surface area contributed by atoms with Crippen LogP contribution in [0.4, 0.5) is 5.82 Å². The summed E-state index contributed by atoms with van der Waals surface area (Å²) in [4.78, 5) is 13.4. The molecule has 5 aromatic rings. The van der Waals surface area contributed by atoms with E-state index in [2.05, 4.69) is 20.1 Å². The lowest BCUT2D eigenvalue weighted by Crippen LogP contribution is -1.99. The van der Waals surface area contributed by atoms with Crippen molar-refractivity contribution in [3.63, 3.8) is 0 Å². The summed E-state index contributed by atoms with van der Waals surface area (Å²) in [5, 5.41) is 6.10. The topological polar surface area (TPSA) is 82.0 Å². The third kappa shape index (κ3) is 2.67. The number of nitrogens with zero attached hydrogens (tertiary/aromatic N) is 5. The van der Waals surface area contributed by atoms with Gasteiger partial charge in [-0.15, -0.1) is 0 Å². The highest BCUT2D eigenvalue weighted by Crippen LogP contribution is 2.33. The molecular formula is C20H13ClN6. The lowest BCUT2D eigenvalue weighted by atomic mass is 10.0. The zero-order chi connectivity index (χ0) is 18.4. The number of aromatic nitrogens is 5. The predicted molar refractivity (Wildman–Crippen MR) is 106 cm³/mol. The maximum absolute atomic E-state index is 6.45. The van der Waals surface area contributed by atoms with Crippen molar-refractivity contribution in [1.82, 2.24) is 24.6 Å². The second-order valence-electron chi connectivity index (χ2n) is 6.12. The Hall–Kier alpha value is -3.51. The normalized spacial score (nSPS) is 11.3. The van der Waals surface area contributed by atoms with Crippen molar-refractivity contribution in [2.45, 2.75) is 0 Å². The summed E-state index contributed by atoms with van der Waals surface area (Å²) in [6.07, 6.45) is 5.14. The molecule has 27 heavy (non-hydrogen) atoms. The second-order valence-corrected chi connectivity index (χ2v) is 6.53. The minimum absolute atomic E-state index is 0.333. The van der Waals surface area contributed by atoms with Crippen LogP contribution in [-0.2, 0) is 0 Å². The molecule has 6 nitrogen and oxygen atoms in total. The highest BCUT2D eigenvalue weighted by molar-refractivity contribution is 6.35. The van der Waals surface area contributed by atoms with Crippen molar-refractivity contribution in [3.8, 4) is 22.6 Å². The molecule has 0 fully saturated rings.